The van der Waals surface area contributed by atoms with Crippen LogP contribution in [-0.2, 0) is 9.53 Å². The third-order valence-corrected chi connectivity index (χ3v) is 2.66. The molecule has 2 N–H and O–H groups in total. The summed E-state index contributed by atoms with van der Waals surface area (Å²) in [5, 5.41) is 0. The normalized spacial score (nSPS) is 22.7. The molecule has 1 saturated heterocycles. The molecule has 0 aromatic carbocycles. The van der Waals surface area contributed by atoms with Gasteiger partial charge in [-0.2, -0.15) is 0 Å². The summed E-state index contributed by atoms with van der Waals surface area (Å²) >= 11 is 0. The first-order valence-corrected chi connectivity index (χ1v) is 4.72. The number of esters is 1. The van der Waals surface area contributed by atoms with Crippen molar-refractivity contribution in [2.24, 2.45) is 5.73 Å². The van der Waals surface area contributed by atoms with E-state index in [1.807, 2.05) is 6.92 Å². The fourth-order valence-corrected chi connectivity index (χ4v) is 1.63. The first-order valence-electron chi connectivity index (χ1n) is 4.72. The molecule has 1 aliphatic rings. The number of nitrogens with zero attached hydrogens (tertiary/aromatic N) is 1. The van der Waals surface area contributed by atoms with E-state index < -0.39 is 0 Å². The number of carbonyl (C=O) groups excluding carboxylic acids is 1. The molecule has 0 radical (unpaired) electrons. The Morgan fingerprint density at radius 3 is 2.54 bits per heavy atom. The van der Waals surface area contributed by atoms with Crippen LogP contribution in [0.2, 0.25) is 0 Å². The highest BCUT2D eigenvalue weighted by molar-refractivity contribution is 5.75. The lowest BCUT2D eigenvalue weighted by Gasteiger charge is -2.33. The van der Waals surface area contributed by atoms with Crippen molar-refractivity contribution < 1.29 is 9.53 Å². The van der Waals surface area contributed by atoms with E-state index in [1.165, 1.54) is 7.11 Å². The molecule has 0 aromatic rings. The summed E-state index contributed by atoms with van der Waals surface area (Å²) in [6.07, 6.45) is 1.95. The van der Waals surface area contributed by atoms with Crippen molar-refractivity contribution in [2.75, 3.05) is 20.2 Å². The standard InChI is InChI=1S/C9H18N2O2/c1-7(9(12)13-2)11-5-3-8(10)4-6-11/h7-8H,3-6,10H2,1-2H3. The van der Waals surface area contributed by atoms with Gasteiger partial charge in [-0.05, 0) is 19.8 Å². The molecular formula is C9H18N2O2. The maximum absolute atomic E-state index is 11.2. The molecule has 0 aliphatic carbocycles. The van der Waals surface area contributed by atoms with E-state index >= 15 is 0 Å². The Hall–Kier alpha value is -0.610. The zero-order valence-electron chi connectivity index (χ0n) is 8.32. The van der Waals surface area contributed by atoms with E-state index in [2.05, 4.69) is 9.64 Å². The molecule has 0 saturated carbocycles. The Balaban J connectivity index is 2.39. The molecule has 76 valence electrons. The Morgan fingerprint density at radius 1 is 1.54 bits per heavy atom. The molecule has 1 atom stereocenters. The van der Waals surface area contributed by atoms with Crippen LogP contribution in [-0.4, -0.2) is 43.2 Å². The number of ether oxygens (including phenoxy) is 1. The van der Waals surface area contributed by atoms with Gasteiger partial charge in [-0.25, -0.2) is 0 Å². The van der Waals surface area contributed by atoms with Gasteiger partial charge in [0.1, 0.15) is 6.04 Å². The van der Waals surface area contributed by atoms with Gasteiger partial charge in [0, 0.05) is 19.1 Å². The number of methoxy groups -OCH3 is 1. The lowest BCUT2D eigenvalue weighted by molar-refractivity contribution is -0.146. The molecule has 13 heavy (non-hydrogen) atoms. The highest BCUT2D eigenvalue weighted by Crippen LogP contribution is 2.11. The highest BCUT2D eigenvalue weighted by Gasteiger charge is 2.25. The average molecular weight is 186 g/mol. The molecule has 0 amide bonds. The van der Waals surface area contributed by atoms with Gasteiger partial charge in [-0.15, -0.1) is 0 Å². The lowest BCUT2D eigenvalue weighted by Crippen LogP contribution is -2.47. The molecule has 1 unspecified atom stereocenters. The van der Waals surface area contributed by atoms with Crippen LogP contribution in [0.5, 0.6) is 0 Å². The third-order valence-electron chi connectivity index (χ3n) is 2.66. The fraction of sp³-hybridized carbons (Fsp3) is 0.889. The van der Waals surface area contributed by atoms with Crippen LogP contribution in [0, 0.1) is 0 Å². The maximum atomic E-state index is 11.2. The van der Waals surface area contributed by atoms with Gasteiger partial charge >= 0.3 is 5.97 Å². The van der Waals surface area contributed by atoms with E-state index in [0.29, 0.717) is 6.04 Å². The van der Waals surface area contributed by atoms with Gasteiger partial charge in [-0.1, -0.05) is 0 Å². The molecule has 1 aliphatic heterocycles. The van der Waals surface area contributed by atoms with Gasteiger partial charge in [0.2, 0.25) is 0 Å². The number of hydrogen-bond acceptors (Lipinski definition) is 4. The Bertz CT molecular complexity index is 176. The van der Waals surface area contributed by atoms with Gasteiger partial charge in [-0.3, -0.25) is 9.69 Å². The summed E-state index contributed by atoms with van der Waals surface area (Å²) < 4.78 is 4.68. The van der Waals surface area contributed by atoms with Crippen LogP contribution in [0.1, 0.15) is 19.8 Å². The monoisotopic (exact) mass is 186 g/mol. The molecule has 0 spiro atoms. The van der Waals surface area contributed by atoms with Gasteiger partial charge in [0.15, 0.2) is 0 Å². The average Bonchev–Trinajstić information content (AvgIpc) is 2.17. The fourth-order valence-electron chi connectivity index (χ4n) is 1.63. The number of likely N-dealkylation sites (tertiary alicyclic amines) is 1. The maximum Gasteiger partial charge on any atom is 0.322 e. The van der Waals surface area contributed by atoms with Crippen molar-refractivity contribution >= 4 is 5.97 Å². The van der Waals surface area contributed by atoms with Crippen LogP contribution in [0.3, 0.4) is 0 Å². The van der Waals surface area contributed by atoms with E-state index in [1.54, 1.807) is 0 Å². The topological polar surface area (TPSA) is 55.6 Å². The third kappa shape index (κ3) is 2.67. The van der Waals surface area contributed by atoms with E-state index in [9.17, 15) is 4.79 Å². The SMILES string of the molecule is COC(=O)C(C)N1CCC(N)CC1. The van der Waals surface area contributed by atoms with Crippen molar-refractivity contribution in [1.82, 2.24) is 4.90 Å². The minimum Gasteiger partial charge on any atom is -0.468 e. The zero-order chi connectivity index (χ0) is 9.84. The van der Waals surface area contributed by atoms with E-state index in [0.717, 1.165) is 25.9 Å². The number of piperidine rings is 1. The smallest absolute Gasteiger partial charge is 0.322 e. The Kier molecular flexibility index (Phi) is 3.69. The minimum atomic E-state index is -0.157. The quantitative estimate of drug-likeness (QED) is 0.615. The van der Waals surface area contributed by atoms with Crippen LogP contribution in [0.4, 0.5) is 0 Å². The van der Waals surface area contributed by atoms with Crippen LogP contribution in [0.15, 0.2) is 0 Å². The zero-order valence-corrected chi connectivity index (χ0v) is 8.32. The molecular weight excluding hydrogens is 168 g/mol. The summed E-state index contributed by atoms with van der Waals surface area (Å²) in [7, 11) is 1.43. The molecule has 1 heterocycles. The Labute approximate surface area is 79.0 Å². The summed E-state index contributed by atoms with van der Waals surface area (Å²) in [5.74, 6) is -0.157. The van der Waals surface area contributed by atoms with Crippen molar-refractivity contribution in [3.63, 3.8) is 0 Å². The van der Waals surface area contributed by atoms with Crippen molar-refractivity contribution in [3.8, 4) is 0 Å². The number of hydrogen-bond donors (Lipinski definition) is 1. The predicted molar refractivity (Wildman–Crippen MR) is 50.3 cm³/mol. The van der Waals surface area contributed by atoms with Crippen molar-refractivity contribution in [1.29, 1.82) is 0 Å². The molecule has 1 fully saturated rings. The highest BCUT2D eigenvalue weighted by atomic mass is 16.5. The van der Waals surface area contributed by atoms with E-state index in [4.69, 9.17) is 5.73 Å². The molecule has 4 nitrogen and oxygen atoms in total. The first-order chi connectivity index (χ1) is 6.15. The van der Waals surface area contributed by atoms with Crippen LogP contribution >= 0.6 is 0 Å². The molecule has 0 aromatic heterocycles. The largest absolute Gasteiger partial charge is 0.468 e. The molecule has 4 heteroatoms. The van der Waals surface area contributed by atoms with Gasteiger partial charge in [0.25, 0.3) is 0 Å². The number of nitrogens with two attached hydrogens (primary N) is 1. The number of rotatable bonds is 2. The van der Waals surface area contributed by atoms with Gasteiger partial charge in [0.05, 0.1) is 7.11 Å². The summed E-state index contributed by atoms with van der Waals surface area (Å²) in [5.41, 5.74) is 5.76. The van der Waals surface area contributed by atoms with Crippen molar-refractivity contribution in [3.05, 3.63) is 0 Å². The van der Waals surface area contributed by atoms with Crippen molar-refractivity contribution in [2.45, 2.75) is 31.8 Å². The molecule has 0 bridgehead atoms. The van der Waals surface area contributed by atoms with Crippen LogP contribution in [0.25, 0.3) is 0 Å². The number of carbonyl (C=O) groups is 1. The minimum absolute atomic E-state index is 0.127. The summed E-state index contributed by atoms with van der Waals surface area (Å²) in [6.45, 7) is 3.68. The first kappa shape index (κ1) is 10.5. The molecule has 1 rings (SSSR count). The Morgan fingerprint density at radius 2 is 2.08 bits per heavy atom. The second-order valence-electron chi connectivity index (χ2n) is 3.57. The summed E-state index contributed by atoms with van der Waals surface area (Å²) in [4.78, 5) is 13.3. The lowest BCUT2D eigenvalue weighted by atomic mass is 10.0. The van der Waals surface area contributed by atoms with E-state index in [-0.39, 0.29) is 12.0 Å². The second kappa shape index (κ2) is 4.58. The second-order valence-corrected chi connectivity index (χ2v) is 3.57. The predicted octanol–water partition coefficient (Wildman–Crippen LogP) is -0.0290. The van der Waals surface area contributed by atoms with Gasteiger partial charge < -0.3 is 10.5 Å². The van der Waals surface area contributed by atoms with Crippen LogP contribution < -0.4 is 5.73 Å². The summed E-state index contributed by atoms with van der Waals surface area (Å²) in [6, 6.07) is 0.179.